The summed E-state index contributed by atoms with van der Waals surface area (Å²) in [6.45, 7) is 7.49. The molecule has 1 heterocycles. The molecule has 0 saturated heterocycles. The highest BCUT2D eigenvalue weighted by atomic mass is 16.3. The molecule has 2 amide bonds. The normalized spacial score (nSPS) is 11.8. The number of aryl methyl sites for hydroxylation is 2. The summed E-state index contributed by atoms with van der Waals surface area (Å²) in [4.78, 5) is 29.1. The smallest absolute Gasteiger partial charge is 0.257 e. The summed E-state index contributed by atoms with van der Waals surface area (Å²) in [5.74, 6) is -0.620. The third-order valence-electron chi connectivity index (χ3n) is 5.12. The predicted molar refractivity (Wildman–Crippen MR) is 126 cm³/mol. The van der Waals surface area contributed by atoms with Gasteiger partial charge in [0.05, 0.1) is 5.56 Å². The van der Waals surface area contributed by atoms with Crippen LogP contribution in [-0.2, 0) is 4.79 Å². The molecular weight excluding hydrogens is 404 g/mol. The number of aliphatic hydroxyl groups is 1. The van der Waals surface area contributed by atoms with E-state index < -0.39 is 12.0 Å². The van der Waals surface area contributed by atoms with Gasteiger partial charge >= 0.3 is 0 Å². The van der Waals surface area contributed by atoms with Crippen LogP contribution in [0.4, 0.5) is 11.5 Å². The van der Waals surface area contributed by atoms with Crippen LogP contribution in [0.1, 0.15) is 47.0 Å². The molecule has 0 aliphatic rings. The van der Waals surface area contributed by atoms with Crippen LogP contribution in [0, 0.1) is 13.8 Å². The quantitative estimate of drug-likeness (QED) is 0.473. The van der Waals surface area contributed by atoms with E-state index in [0.717, 1.165) is 22.3 Å². The van der Waals surface area contributed by atoms with Crippen LogP contribution >= 0.6 is 0 Å². The van der Waals surface area contributed by atoms with Gasteiger partial charge in [-0.25, -0.2) is 4.98 Å². The number of nitrogen functional groups attached to an aromatic ring is 1. The fraction of sp³-hybridized carbons (Fsp3) is 0.240. The molecule has 2 aromatic carbocycles. The number of nitrogens with one attached hydrogen (secondary N) is 2. The van der Waals surface area contributed by atoms with Crippen molar-refractivity contribution in [2.24, 2.45) is 0 Å². The SMILES string of the molecule is Cc1cc(NC(=O)[C@H](O)c2ccccc2C)ccc1-c1cnc(N)c(C(=O)NC(C)C)c1. The van der Waals surface area contributed by atoms with Crippen LogP contribution in [0.5, 0.6) is 0 Å². The lowest BCUT2D eigenvalue weighted by molar-refractivity contribution is -0.124. The maximum Gasteiger partial charge on any atom is 0.257 e. The van der Waals surface area contributed by atoms with Gasteiger partial charge in [-0.3, -0.25) is 9.59 Å². The number of benzene rings is 2. The second-order valence-electron chi connectivity index (χ2n) is 8.06. The number of carbonyl (C=O) groups excluding carboxylic acids is 2. The number of nitrogens with two attached hydrogens (primary N) is 1. The summed E-state index contributed by atoms with van der Waals surface area (Å²) in [6.07, 6.45) is 0.351. The molecule has 3 aromatic rings. The van der Waals surface area contributed by atoms with Gasteiger partial charge in [0, 0.05) is 23.5 Å². The van der Waals surface area contributed by atoms with Crippen molar-refractivity contribution in [3.8, 4) is 11.1 Å². The maximum absolute atomic E-state index is 12.5. The van der Waals surface area contributed by atoms with Gasteiger partial charge in [0.25, 0.3) is 11.8 Å². The van der Waals surface area contributed by atoms with E-state index in [1.165, 1.54) is 0 Å². The highest BCUT2D eigenvalue weighted by molar-refractivity contribution is 6.00. The Kier molecular flexibility index (Phi) is 6.90. The zero-order valence-corrected chi connectivity index (χ0v) is 18.6. The average Bonchev–Trinajstić information content (AvgIpc) is 2.73. The van der Waals surface area contributed by atoms with E-state index in [-0.39, 0.29) is 17.8 Å². The summed E-state index contributed by atoms with van der Waals surface area (Å²) in [7, 11) is 0. The standard InChI is InChI=1S/C25H28N4O3/c1-14(2)28-24(31)21-12-17(13-27-23(21)26)19-10-9-18(11-16(19)4)29-25(32)22(30)20-8-6-5-7-15(20)3/h5-14,22,30H,1-4H3,(H2,26,27)(H,28,31)(H,29,32)/t22-/m1/s1. The number of aliphatic hydroxyl groups excluding tert-OH is 1. The monoisotopic (exact) mass is 432 g/mol. The van der Waals surface area contributed by atoms with Crippen molar-refractivity contribution in [1.82, 2.24) is 10.3 Å². The van der Waals surface area contributed by atoms with Crippen LogP contribution in [0.2, 0.25) is 0 Å². The van der Waals surface area contributed by atoms with Crippen molar-refractivity contribution in [3.05, 3.63) is 77.0 Å². The van der Waals surface area contributed by atoms with E-state index in [1.807, 2.05) is 52.0 Å². The van der Waals surface area contributed by atoms with Crippen molar-refractivity contribution in [3.63, 3.8) is 0 Å². The lowest BCUT2D eigenvalue weighted by Gasteiger charge is -2.15. The minimum atomic E-state index is -1.26. The topological polar surface area (TPSA) is 117 Å². The van der Waals surface area contributed by atoms with Crippen molar-refractivity contribution in [1.29, 1.82) is 0 Å². The molecule has 3 rings (SSSR count). The number of rotatable bonds is 6. The van der Waals surface area contributed by atoms with Gasteiger partial charge < -0.3 is 21.5 Å². The number of nitrogens with zero attached hydrogens (tertiary/aromatic N) is 1. The minimum Gasteiger partial charge on any atom is -0.383 e. The van der Waals surface area contributed by atoms with Gasteiger partial charge in [0.2, 0.25) is 0 Å². The van der Waals surface area contributed by atoms with Gasteiger partial charge in [-0.1, -0.05) is 30.3 Å². The molecule has 0 aliphatic carbocycles. The number of pyridine rings is 1. The predicted octanol–water partition coefficient (Wildman–Crippen LogP) is 3.76. The van der Waals surface area contributed by atoms with Crippen LogP contribution < -0.4 is 16.4 Å². The number of aromatic nitrogens is 1. The Morgan fingerprint density at radius 1 is 1.03 bits per heavy atom. The fourth-order valence-electron chi connectivity index (χ4n) is 3.46. The van der Waals surface area contributed by atoms with Crippen molar-refractivity contribution in [2.45, 2.75) is 39.8 Å². The summed E-state index contributed by atoms with van der Waals surface area (Å²) in [6, 6.07) is 14.3. The first kappa shape index (κ1) is 23.0. The van der Waals surface area contributed by atoms with Crippen LogP contribution in [0.25, 0.3) is 11.1 Å². The molecular formula is C25H28N4O3. The summed E-state index contributed by atoms with van der Waals surface area (Å²) in [5.41, 5.74) is 10.7. The van der Waals surface area contributed by atoms with Crippen LogP contribution in [-0.4, -0.2) is 27.9 Å². The first-order valence-corrected chi connectivity index (χ1v) is 10.4. The van der Waals surface area contributed by atoms with E-state index in [1.54, 1.807) is 30.5 Å². The highest BCUT2D eigenvalue weighted by Crippen LogP contribution is 2.28. The second-order valence-corrected chi connectivity index (χ2v) is 8.06. The summed E-state index contributed by atoms with van der Waals surface area (Å²) in [5, 5.41) is 16.0. The molecule has 0 bridgehead atoms. The second kappa shape index (κ2) is 9.62. The van der Waals surface area contributed by atoms with E-state index in [4.69, 9.17) is 5.73 Å². The molecule has 1 atom stereocenters. The molecule has 166 valence electrons. The number of anilines is 2. The first-order chi connectivity index (χ1) is 15.2. The molecule has 1 aromatic heterocycles. The molecule has 7 heteroatoms. The number of hydrogen-bond acceptors (Lipinski definition) is 5. The van der Waals surface area contributed by atoms with Crippen molar-refractivity contribution < 1.29 is 14.7 Å². The Hall–Kier alpha value is -3.71. The molecule has 0 aliphatic heterocycles. The minimum absolute atomic E-state index is 0.0230. The Morgan fingerprint density at radius 2 is 1.75 bits per heavy atom. The number of amides is 2. The first-order valence-electron chi connectivity index (χ1n) is 10.4. The van der Waals surface area contributed by atoms with Crippen LogP contribution in [0.15, 0.2) is 54.7 Å². The lowest BCUT2D eigenvalue weighted by Crippen LogP contribution is -2.30. The zero-order valence-electron chi connectivity index (χ0n) is 18.6. The number of carbonyl (C=O) groups is 2. The Labute approximate surface area is 187 Å². The molecule has 0 saturated carbocycles. The van der Waals surface area contributed by atoms with Gasteiger partial charge in [-0.05, 0) is 68.1 Å². The molecule has 32 heavy (non-hydrogen) atoms. The largest absolute Gasteiger partial charge is 0.383 e. The third-order valence-corrected chi connectivity index (χ3v) is 5.12. The molecule has 5 N–H and O–H groups in total. The van der Waals surface area contributed by atoms with E-state index >= 15 is 0 Å². The molecule has 0 spiro atoms. The van der Waals surface area contributed by atoms with Gasteiger partial charge in [-0.2, -0.15) is 0 Å². The van der Waals surface area contributed by atoms with E-state index in [0.29, 0.717) is 16.8 Å². The van der Waals surface area contributed by atoms with Crippen molar-refractivity contribution in [2.75, 3.05) is 11.1 Å². The lowest BCUT2D eigenvalue weighted by atomic mass is 9.99. The van der Waals surface area contributed by atoms with Gasteiger partial charge in [0.15, 0.2) is 6.10 Å². The molecule has 0 radical (unpaired) electrons. The average molecular weight is 433 g/mol. The Morgan fingerprint density at radius 3 is 2.41 bits per heavy atom. The highest BCUT2D eigenvalue weighted by Gasteiger charge is 2.19. The van der Waals surface area contributed by atoms with Gasteiger partial charge in [-0.15, -0.1) is 0 Å². The molecule has 0 fully saturated rings. The molecule has 7 nitrogen and oxygen atoms in total. The van der Waals surface area contributed by atoms with Crippen LogP contribution in [0.3, 0.4) is 0 Å². The number of hydrogen-bond donors (Lipinski definition) is 4. The molecule has 0 unspecified atom stereocenters. The summed E-state index contributed by atoms with van der Waals surface area (Å²) >= 11 is 0. The third kappa shape index (κ3) is 5.12. The fourth-order valence-corrected chi connectivity index (χ4v) is 3.46. The summed E-state index contributed by atoms with van der Waals surface area (Å²) < 4.78 is 0. The van der Waals surface area contributed by atoms with Crippen molar-refractivity contribution >= 4 is 23.3 Å². The Bertz CT molecular complexity index is 1160. The zero-order chi connectivity index (χ0) is 23.4. The van der Waals surface area contributed by atoms with E-state index in [9.17, 15) is 14.7 Å². The van der Waals surface area contributed by atoms with E-state index in [2.05, 4.69) is 15.6 Å². The maximum atomic E-state index is 12.5. The Balaban J connectivity index is 1.82. The van der Waals surface area contributed by atoms with Gasteiger partial charge in [0.1, 0.15) is 5.82 Å².